The molecule has 2 aromatic carbocycles. The summed E-state index contributed by atoms with van der Waals surface area (Å²) in [6.45, 7) is 0. The summed E-state index contributed by atoms with van der Waals surface area (Å²) >= 11 is 3.21. The molecule has 0 bridgehead atoms. The quantitative estimate of drug-likeness (QED) is 0.794. The monoisotopic (exact) mass is 302 g/mol. The highest BCUT2D eigenvalue weighted by Gasteiger charge is 2.15. The standard InChI is InChI=1S/C10H7BrO4S/c11-7-2-1-6-3-8(12)5-10(9(6)4-7)16(13,14)15/h1-5,12H,(H,13,14,15). The smallest absolute Gasteiger partial charge is 0.295 e. The molecule has 2 aromatic rings. The van der Waals surface area contributed by atoms with Crippen LogP contribution in [0.5, 0.6) is 5.75 Å². The predicted octanol–water partition coefficient (Wildman–Crippen LogP) is 2.55. The third-order valence-electron chi connectivity index (χ3n) is 2.14. The largest absolute Gasteiger partial charge is 0.508 e. The van der Waals surface area contributed by atoms with Gasteiger partial charge >= 0.3 is 0 Å². The first-order valence-corrected chi connectivity index (χ1v) is 6.51. The molecule has 4 nitrogen and oxygen atoms in total. The van der Waals surface area contributed by atoms with E-state index in [2.05, 4.69) is 15.9 Å². The second-order valence-electron chi connectivity index (χ2n) is 3.28. The fourth-order valence-corrected chi connectivity index (χ4v) is 2.58. The van der Waals surface area contributed by atoms with Gasteiger partial charge in [-0.3, -0.25) is 4.55 Å². The molecule has 0 atom stereocenters. The van der Waals surface area contributed by atoms with Gasteiger partial charge in [-0.2, -0.15) is 8.42 Å². The Balaban J connectivity index is 2.96. The van der Waals surface area contributed by atoms with Crippen molar-refractivity contribution in [2.24, 2.45) is 0 Å². The summed E-state index contributed by atoms with van der Waals surface area (Å²) < 4.78 is 32.0. The summed E-state index contributed by atoms with van der Waals surface area (Å²) in [5, 5.41) is 10.3. The molecule has 2 rings (SSSR count). The lowest BCUT2D eigenvalue weighted by Crippen LogP contribution is -1.99. The van der Waals surface area contributed by atoms with Crippen molar-refractivity contribution in [1.29, 1.82) is 0 Å². The first-order chi connectivity index (χ1) is 7.38. The summed E-state index contributed by atoms with van der Waals surface area (Å²) in [6.07, 6.45) is 0. The minimum Gasteiger partial charge on any atom is -0.508 e. The lowest BCUT2D eigenvalue weighted by atomic mass is 10.1. The molecule has 0 saturated carbocycles. The second-order valence-corrected chi connectivity index (χ2v) is 5.59. The van der Waals surface area contributed by atoms with Crippen LogP contribution in [0.15, 0.2) is 39.7 Å². The van der Waals surface area contributed by atoms with E-state index in [1.807, 2.05) is 0 Å². The summed E-state index contributed by atoms with van der Waals surface area (Å²) in [5.41, 5.74) is 0. The molecule has 0 radical (unpaired) electrons. The fraction of sp³-hybridized carbons (Fsp3) is 0. The zero-order valence-corrected chi connectivity index (χ0v) is 10.3. The van der Waals surface area contributed by atoms with Gasteiger partial charge in [0.1, 0.15) is 10.6 Å². The number of aromatic hydroxyl groups is 1. The maximum Gasteiger partial charge on any atom is 0.295 e. The Morgan fingerprint density at radius 3 is 2.44 bits per heavy atom. The van der Waals surface area contributed by atoms with Gasteiger partial charge in [0.25, 0.3) is 10.1 Å². The maximum absolute atomic E-state index is 11.1. The van der Waals surface area contributed by atoms with Crippen molar-refractivity contribution in [1.82, 2.24) is 0 Å². The number of hydrogen-bond acceptors (Lipinski definition) is 3. The zero-order chi connectivity index (χ0) is 11.9. The van der Waals surface area contributed by atoms with Gasteiger partial charge in [-0.1, -0.05) is 22.0 Å². The average molecular weight is 303 g/mol. The topological polar surface area (TPSA) is 74.6 Å². The van der Waals surface area contributed by atoms with Crippen LogP contribution in [0.4, 0.5) is 0 Å². The molecular formula is C10H7BrO4S. The van der Waals surface area contributed by atoms with Crippen molar-refractivity contribution >= 4 is 36.8 Å². The van der Waals surface area contributed by atoms with Crippen molar-refractivity contribution in [2.75, 3.05) is 0 Å². The summed E-state index contributed by atoms with van der Waals surface area (Å²) in [5.74, 6) is -0.206. The SMILES string of the molecule is O=S(=O)(O)c1cc(O)cc2ccc(Br)cc12. The van der Waals surface area contributed by atoms with Gasteiger partial charge in [-0.05, 0) is 23.6 Å². The number of benzene rings is 2. The van der Waals surface area contributed by atoms with Crippen LogP contribution in [0.1, 0.15) is 0 Å². The minimum atomic E-state index is -4.35. The first kappa shape index (κ1) is 11.4. The molecule has 84 valence electrons. The summed E-state index contributed by atoms with van der Waals surface area (Å²) in [6, 6.07) is 7.38. The molecule has 0 unspecified atom stereocenters. The normalized spacial score (nSPS) is 11.9. The van der Waals surface area contributed by atoms with Crippen LogP contribution in [0.2, 0.25) is 0 Å². The lowest BCUT2D eigenvalue weighted by Gasteiger charge is -2.05. The molecule has 0 aromatic heterocycles. The van der Waals surface area contributed by atoms with Crippen molar-refractivity contribution < 1.29 is 18.1 Å². The molecule has 0 aliphatic carbocycles. The maximum atomic E-state index is 11.1. The van der Waals surface area contributed by atoms with Crippen LogP contribution < -0.4 is 0 Å². The molecule has 0 spiro atoms. The minimum absolute atomic E-state index is 0.206. The fourth-order valence-electron chi connectivity index (χ4n) is 1.49. The van der Waals surface area contributed by atoms with Crippen LogP contribution >= 0.6 is 15.9 Å². The second kappa shape index (κ2) is 3.73. The van der Waals surface area contributed by atoms with Crippen molar-refractivity contribution in [3.05, 3.63) is 34.8 Å². The van der Waals surface area contributed by atoms with Gasteiger partial charge in [0, 0.05) is 15.9 Å². The molecule has 0 aliphatic rings. The van der Waals surface area contributed by atoms with Gasteiger partial charge in [0.15, 0.2) is 0 Å². The van der Waals surface area contributed by atoms with Crippen LogP contribution in [0, 0.1) is 0 Å². The molecular weight excluding hydrogens is 296 g/mol. The van der Waals surface area contributed by atoms with Gasteiger partial charge < -0.3 is 5.11 Å². The van der Waals surface area contributed by atoms with Gasteiger partial charge in [0.2, 0.25) is 0 Å². The van der Waals surface area contributed by atoms with Gasteiger partial charge in [-0.15, -0.1) is 0 Å². The van der Waals surface area contributed by atoms with Crippen LogP contribution in [0.3, 0.4) is 0 Å². The molecule has 0 fully saturated rings. The molecule has 0 saturated heterocycles. The number of phenols is 1. The summed E-state index contributed by atoms with van der Waals surface area (Å²) in [7, 11) is -4.35. The Hall–Kier alpha value is -1.11. The van der Waals surface area contributed by atoms with Crippen molar-refractivity contribution in [3.63, 3.8) is 0 Å². The van der Waals surface area contributed by atoms with E-state index >= 15 is 0 Å². The Labute approximate surface area is 100 Å². The zero-order valence-electron chi connectivity index (χ0n) is 7.88. The van der Waals surface area contributed by atoms with Crippen LogP contribution in [-0.4, -0.2) is 18.1 Å². The predicted molar refractivity (Wildman–Crippen MR) is 63.1 cm³/mol. The summed E-state index contributed by atoms with van der Waals surface area (Å²) in [4.78, 5) is -0.302. The van der Waals surface area contributed by atoms with Gasteiger partial charge in [0.05, 0.1) is 0 Å². The Bertz CT molecular complexity index is 664. The molecule has 0 aliphatic heterocycles. The third kappa shape index (κ3) is 2.04. The van der Waals surface area contributed by atoms with Crippen molar-refractivity contribution in [3.8, 4) is 5.75 Å². The highest BCUT2D eigenvalue weighted by atomic mass is 79.9. The van der Waals surface area contributed by atoms with E-state index in [1.54, 1.807) is 18.2 Å². The highest BCUT2D eigenvalue weighted by Crippen LogP contribution is 2.30. The molecule has 6 heteroatoms. The van der Waals surface area contributed by atoms with E-state index in [4.69, 9.17) is 4.55 Å². The first-order valence-electron chi connectivity index (χ1n) is 4.28. The third-order valence-corrected chi connectivity index (χ3v) is 3.53. The van der Waals surface area contributed by atoms with E-state index in [9.17, 15) is 13.5 Å². The van der Waals surface area contributed by atoms with E-state index < -0.39 is 10.1 Å². The van der Waals surface area contributed by atoms with E-state index in [0.29, 0.717) is 15.2 Å². The van der Waals surface area contributed by atoms with E-state index in [-0.39, 0.29) is 10.6 Å². The Morgan fingerprint density at radius 2 is 1.81 bits per heavy atom. The van der Waals surface area contributed by atoms with Crippen LogP contribution in [-0.2, 0) is 10.1 Å². The molecule has 16 heavy (non-hydrogen) atoms. The van der Waals surface area contributed by atoms with Crippen LogP contribution in [0.25, 0.3) is 10.8 Å². The number of rotatable bonds is 1. The highest BCUT2D eigenvalue weighted by molar-refractivity contribution is 9.10. The number of fused-ring (bicyclic) bond motifs is 1. The molecule has 0 heterocycles. The van der Waals surface area contributed by atoms with Crippen molar-refractivity contribution in [2.45, 2.75) is 4.90 Å². The average Bonchev–Trinajstić information content (AvgIpc) is 2.16. The number of phenolic OH excluding ortho intramolecular Hbond substituents is 1. The lowest BCUT2D eigenvalue weighted by molar-refractivity contribution is 0.468. The Morgan fingerprint density at radius 1 is 1.12 bits per heavy atom. The molecule has 2 N–H and O–H groups in total. The van der Waals surface area contributed by atoms with E-state index in [0.717, 1.165) is 6.07 Å². The Kier molecular flexibility index (Phi) is 2.65. The van der Waals surface area contributed by atoms with E-state index in [1.165, 1.54) is 6.07 Å². The number of halogens is 1. The molecule has 0 amide bonds. The van der Waals surface area contributed by atoms with Gasteiger partial charge in [-0.25, -0.2) is 0 Å². The number of hydrogen-bond donors (Lipinski definition) is 2.